The first-order valence-electron chi connectivity index (χ1n) is 7.53. The van der Waals surface area contributed by atoms with Gasteiger partial charge in [0.05, 0.1) is 7.11 Å². The van der Waals surface area contributed by atoms with Gasteiger partial charge in [-0.05, 0) is 56.3 Å². The molecule has 0 spiro atoms. The molecule has 112 valence electrons. The molecule has 0 aliphatic rings. The van der Waals surface area contributed by atoms with Crippen LogP contribution in [0.4, 0.5) is 0 Å². The summed E-state index contributed by atoms with van der Waals surface area (Å²) < 4.78 is 6.94. The standard InChI is InChI=1S/C21H15IO/c1-23-19-13-11-15-7-3-5-9-17(15)21(19)20-16-8-4-2-6-14(16)10-12-18(20)22/h2-13H,1H3. The Balaban J connectivity index is 2.21. The van der Waals surface area contributed by atoms with Crippen LogP contribution in [0.2, 0.25) is 0 Å². The maximum atomic E-state index is 5.71. The van der Waals surface area contributed by atoms with Crippen LogP contribution in [0.15, 0.2) is 72.8 Å². The summed E-state index contributed by atoms with van der Waals surface area (Å²) in [6, 6.07) is 25.6. The topological polar surface area (TPSA) is 9.23 Å². The van der Waals surface area contributed by atoms with E-state index in [1.54, 1.807) is 7.11 Å². The molecule has 0 bridgehead atoms. The molecular formula is C21H15IO. The van der Waals surface area contributed by atoms with E-state index in [9.17, 15) is 0 Å². The van der Waals surface area contributed by atoms with Crippen LogP contribution in [0.1, 0.15) is 0 Å². The first kappa shape index (κ1) is 14.5. The van der Waals surface area contributed by atoms with Crippen LogP contribution >= 0.6 is 22.6 Å². The molecule has 0 saturated carbocycles. The van der Waals surface area contributed by atoms with Crippen LogP contribution < -0.4 is 4.74 Å². The van der Waals surface area contributed by atoms with Gasteiger partial charge in [-0.1, -0.05) is 60.7 Å². The van der Waals surface area contributed by atoms with Crippen LogP contribution in [0.25, 0.3) is 32.7 Å². The van der Waals surface area contributed by atoms with Gasteiger partial charge in [0.1, 0.15) is 5.75 Å². The fraction of sp³-hybridized carbons (Fsp3) is 0.0476. The van der Waals surface area contributed by atoms with Crippen LogP contribution in [-0.2, 0) is 0 Å². The Morgan fingerprint density at radius 1 is 0.652 bits per heavy atom. The molecule has 0 unspecified atom stereocenters. The van der Waals surface area contributed by atoms with Gasteiger partial charge >= 0.3 is 0 Å². The van der Waals surface area contributed by atoms with E-state index in [0.717, 1.165) is 5.75 Å². The predicted octanol–water partition coefficient (Wildman–Crippen LogP) is 6.27. The average molecular weight is 410 g/mol. The van der Waals surface area contributed by atoms with Crippen molar-refractivity contribution in [2.75, 3.05) is 7.11 Å². The first-order chi connectivity index (χ1) is 11.3. The van der Waals surface area contributed by atoms with Crippen LogP contribution in [0.3, 0.4) is 0 Å². The summed E-state index contributed by atoms with van der Waals surface area (Å²) >= 11 is 2.42. The molecule has 0 aliphatic carbocycles. The van der Waals surface area contributed by atoms with Gasteiger partial charge in [-0.2, -0.15) is 0 Å². The van der Waals surface area contributed by atoms with Gasteiger partial charge in [-0.3, -0.25) is 0 Å². The molecule has 0 N–H and O–H groups in total. The van der Waals surface area contributed by atoms with Gasteiger partial charge in [0, 0.05) is 14.7 Å². The zero-order chi connectivity index (χ0) is 15.8. The van der Waals surface area contributed by atoms with E-state index < -0.39 is 0 Å². The number of rotatable bonds is 2. The van der Waals surface area contributed by atoms with Crippen molar-refractivity contribution in [3.8, 4) is 16.9 Å². The van der Waals surface area contributed by atoms with E-state index in [0.29, 0.717) is 0 Å². The minimum absolute atomic E-state index is 0.915. The van der Waals surface area contributed by atoms with Crippen molar-refractivity contribution in [1.29, 1.82) is 0 Å². The molecule has 0 saturated heterocycles. The molecule has 0 amide bonds. The van der Waals surface area contributed by atoms with E-state index in [1.165, 1.54) is 36.2 Å². The Bertz CT molecular complexity index is 1020. The molecule has 0 heterocycles. The minimum atomic E-state index is 0.915. The Labute approximate surface area is 149 Å². The highest BCUT2D eigenvalue weighted by molar-refractivity contribution is 14.1. The Morgan fingerprint density at radius 3 is 1.87 bits per heavy atom. The second-order valence-electron chi connectivity index (χ2n) is 5.51. The van der Waals surface area contributed by atoms with Gasteiger partial charge < -0.3 is 4.74 Å². The van der Waals surface area contributed by atoms with Crippen molar-refractivity contribution in [2.24, 2.45) is 0 Å². The summed E-state index contributed by atoms with van der Waals surface area (Å²) in [5.41, 5.74) is 2.42. The smallest absolute Gasteiger partial charge is 0.127 e. The van der Waals surface area contributed by atoms with E-state index in [4.69, 9.17) is 4.74 Å². The fourth-order valence-corrected chi connectivity index (χ4v) is 3.92. The Kier molecular flexibility index (Phi) is 3.69. The van der Waals surface area contributed by atoms with Crippen molar-refractivity contribution in [2.45, 2.75) is 0 Å². The lowest BCUT2D eigenvalue weighted by Crippen LogP contribution is -1.93. The maximum absolute atomic E-state index is 5.71. The van der Waals surface area contributed by atoms with Gasteiger partial charge in [0.15, 0.2) is 0 Å². The zero-order valence-corrected chi connectivity index (χ0v) is 14.9. The number of hydrogen-bond donors (Lipinski definition) is 0. The molecule has 0 aromatic heterocycles. The molecule has 0 fully saturated rings. The molecule has 2 heteroatoms. The van der Waals surface area contributed by atoms with Crippen molar-refractivity contribution < 1.29 is 4.74 Å². The van der Waals surface area contributed by atoms with Crippen molar-refractivity contribution >= 4 is 44.1 Å². The van der Waals surface area contributed by atoms with Gasteiger partial charge in [-0.25, -0.2) is 0 Å². The molecule has 4 rings (SSSR count). The summed E-state index contributed by atoms with van der Waals surface area (Å²) in [4.78, 5) is 0. The lowest BCUT2D eigenvalue weighted by molar-refractivity contribution is 0.417. The summed E-state index contributed by atoms with van der Waals surface area (Å²) in [6.45, 7) is 0. The third kappa shape index (κ3) is 2.38. The largest absolute Gasteiger partial charge is 0.496 e. The highest BCUT2D eigenvalue weighted by atomic mass is 127. The Hall–Kier alpha value is -2.07. The van der Waals surface area contributed by atoms with Crippen LogP contribution in [0.5, 0.6) is 5.75 Å². The molecular weight excluding hydrogens is 395 g/mol. The van der Waals surface area contributed by atoms with Crippen LogP contribution in [-0.4, -0.2) is 7.11 Å². The van der Waals surface area contributed by atoms with Crippen molar-refractivity contribution in [3.63, 3.8) is 0 Å². The number of ether oxygens (including phenoxy) is 1. The summed E-state index contributed by atoms with van der Waals surface area (Å²) in [6.07, 6.45) is 0. The number of halogens is 1. The van der Waals surface area contributed by atoms with Gasteiger partial charge in [0.25, 0.3) is 0 Å². The van der Waals surface area contributed by atoms with Gasteiger partial charge in [-0.15, -0.1) is 0 Å². The number of fused-ring (bicyclic) bond motifs is 2. The van der Waals surface area contributed by atoms with E-state index >= 15 is 0 Å². The highest BCUT2D eigenvalue weighted by Gasteiger charge is 2.16. The first-order valence-corrected chi connectivity index (χ1v) is 8.61. The molecule has 4 aromatic carbocycles. The second-order valence-corrected chi connectivity index (χ2v) is 6.67. The fourth-order valence-electron chi connectivity index (χ4n) is 3.18. The van der Waals surface area contributed by atoms with Crippen molar-refractivity contribution in [3.05, 3.63) is 76.4 Å². The lowest BCUT2D eigenvalue weighted by atomic mass is 9.93. The molecule has 23 heavy (non-hydrogen) atoms. The Morgan fingerprint density at radius 2 is 1.22 bits per heavy atom. The minimum Gasteiger partial charge on any atom is -0.496 e. The number of hydrogen-bond acceptors (Lipinski definition) is 1. The third-order valence-corrected chi connectivity index (χ3v) is 5.14. The van der Waals surface area contributed by atoms with E-state index in [-0.39, 0.29) is 0 Å². The molecule has 0 aliphatic heterocycles. The summed E-state index contributed by atoms with van der Waals surface area (Å²) in [5.74, 6) is 0.915. The monoisotopic (exact) mass is 410 g/mol. The SMILES string of the molecule is COc1ccc2ccccc2c1-c1c(I)ccc2ccccc12. The number of benzene rings is 4. The normalized spacial score (nSPS) is 11.0. The number of methoxy groups -OCH3 is 1. The second kappa shape index (κ2) is 5.85. The molecule has 4 aromatic rings. The maximum Gasteiger partial charge on any atom is 0.127 e. The average Bonchev–Trinajstić information content (AvgIpc) is 2.61. The summed E-state index contributed by atoms with van der Waals surface area (Å²) in [5, 5.41) is 4.96. The molecule has 0 radical (unpaired) electrons. The van der Waals surface area contributed by atoms with Crippen LogP contribution in [0, 0.1) is 3.57 Å². The quantitative estimate of drug-likeness (QED) is 0.354. The summed E-state index contributed by atoms with van der Waals surface area (Å²) in [7, 11) is 1.74. The van der Waals surface area contributed by atoms with Gasteiger partial charge in [0.2, 0.25) is 0 Å². The third-order valence-electron chi connectivity index (χ3n) is 4.24. The predicted molar refractivity (Wildman–Crippen MR) is 106 cm³/mol. The molecule has 1 nitrogen and oxygen atoms in total. The lowest BCUT2D eigenvalue weighted by Gasteiger charge is -2.16. The van der Waals surface area contributed by atoms with Crippen molar-refractivity contribution in [1.82, 2.24) is 0 Å². The van der Waals surface area contributed by atoms with E-state index in [2.05, 4.69) is 95.4 Å². The zero-order valence-electron chi connectivity index (χ0n) is 12.7. The molecule has 0 atom stereocenters. The van der Waals surface area contributed by atoms with E-state index in [1.807, 2.05) is 0 Å². The highest BCUT2D eigenvalue weighted by Crippen LogP contribution is 2.42.